The Labute approximate surface area is 162 Å². The van der Waals surface area contributed by atoms with Gasteiger partial charge in [0.25, 0.3) is 5.91 Å². The van der Waals surface area contributed by atoms with Crippen LogP contribution in [0.2, 0.25) is 0 Å². The fourth-order valence-electron chi connectivity index (χ4n) is 2.78. The first-order valence-electron chi connectivity index (χ1n) is 8.98. The topological polar surface area (TPSA) is 65.4 Å². The molecule has 28 heavy (non-hydrogen) atoms. The molecule has 0 radical (unpaired) electrons. The smallest absolute Gasteiger partial charge is 0.259 e. The number of aromatic nitrogens is 2. The van der Waals surface area contributed by atoms with Crippen molar-refractivity contribution >= 4 is 11.6 Å². The number of carbonyl (C=O) groups excluding carboxylic acids is 1. The number of methoxy groups -OCH3 is 1. The first-order chi connectivity index (χ1) is 13.6. The van der Waals surface area contributed by atoms with Gasteiger partial charge in [0.2, 0.25) is 0 Å². The molecule has 1 N–H and O–H groups in total. The molecule has 3 rings (SSSR count). The molecule has 0 aliphatic rings. The Morgan fingerprint density at radius 3 is 2.46 bits per heavy atom. The van der Waals surface area contributed by atoms with E-state index < -0.39 is 0 Å². The summed E-state index contributed by atoms with van der Waals surface area (Å²) in [4.78, 5) is 12.7. The summed E-state index contributed by atoms with van der Waals surface area (Å²) < 4.78 is 25.3. The molecule has 3 aromatic rings. The second-order valence-electron chi connectivity index (χ2n) is 6.07. The lowest BCUT2D eigenvalue weighted by molar-refractivity contribution is 0.102. The quantitative estimate of drug-likeness (QED) is 0.600. The highest BCUT2D eigenvalue weighted by Gasteiger charge is 2.17. The van der Waals surface area contributed by atoms with E-state index in [0.29, 0.717) is 42.3 Å². The predicted octanol–water partition coefficient (Wildman–Crippen LogP) is 3.85. The molecular formula is C21H22FN3O3. The molecular weight excluding hydrogens is 361 g/mol. The van der Waals surface area contributed by atoms with E-state index in [-0.39, 0.29) is 11.7 Å². The van der Waals surface area contributed by atoms with Gasteiger partial charge in [0, 0.05) is 12.8 Å². The maximum absolute atomic E-state index is 13.2. The van der Waals surface area contributed by atoms with Gasteiger partial charge in [-0.05, 0) is 55.0 Å². The van der Waals surface area contributed by atoms with Gasteiger partial charge in [-0.1, -0.05) is 6.92 Å². The van der Waals surface area contributed by atoms with Crippen molar-refractivity contribution in [2.75, 3.05) is 25.6 Å². The highest BCUT2D eigenvalue weighted by Crippen LogP contribution is 2.20. The normalized spacial score (nSPS) is 10.7. The molecule has 0 aliphatic heterocycles. The second-order valence-corrected chi connectivity index (χ2v) is 6.07. The van der Waals surface area contributed by atoms with Crippen molar-refractivity contribution in [3.8, 4) is 11.4 Å². The number of benzene rings is 2. The summed E-state index contributed by atoms with van der Waals surface area (Å²) in [6, 6.07) is 13.1. The lowest BCUT2D eigenvalue weighted by atomic mass is 10.1. The molecule has 7 heteroatoms. The third-order valence-electron chi connectivity index (χ3n) is 4.19. The fourth-order valence-corrected chi connectivity index (χ4v) is 2.78. The summed E-state index contributed by atoms with van der Waals surface area (Å²) in [5.41, 5.74) is 2.59. The van der Waals surface area contributed by atoms with E-state index in [4.69, 9.17) is 9.47 Å². The van der Waals surface area contributed by atoms with Gasteiger partial charge in [-0.15, -0.1) is 0 Å². The van der Waals surface area contributed by atoms with Crippen LogP contribution in [0.4, 0.5) is 10.1 Å². The summed E-state index contributed by atoms with van der Waals surface area (Å²) in [6.07, 6.45) is 2.13. The van der Waals surface area contributed by atoms with Crippen LogP contribution in [0.3, 0.4) is 0 Å². The van der Waals surface area contributed by atoms with Gasteiger partial charge < -0.3 is 14.8 Å². The molecule has 0 unspecified atom stereocenters. The van der Waals surface area contributed by atoms with Gasteiger partial charge in [0.1, 0.15) is 18.2 Å². The number of nitrogens with one attached hydrogen (secondary N) is 1. The van der Waals surface area contributed by atoms with Gasteiger partial charge >= 0.3 is 0 Å². The summed E-state index contributed by atoms with van der Waals surface area (Å²) in [5, 5.41) is 7.18. The molecule has 1 aromatic heterocycles. The average Bonchev–Trinajstić information content (AvgIpc) is 3.14. The van der Waals surface area contributed by atoms with E-state index in [1.165, 1.54) is 18.3 Å². The standard InChI is InChI=1S/C21H22FN3O3/c1-3-20-19(14-23-25(20)17-8-4-15(22)5-9-17)21(26)24-16-6-10-18(11-7-16)28-13-12-27-2/h4-11,14H,3,12-13H2,1-2H3,(H,24,26). The van der Waals surface area contributed by atoms with Crippen molar-refractivity contribution in [3.05, 3.63) is 71.8 Å². The minimum Gasteiger partial charge on any atom is -0.491 e. The monoisotopic (exact) mass is 383 g/mol. The van der Waals surface area contributed by atoms with Crippen LogP contribution in [0.5, 0.6) is 5.75 Å². The maximum Gasteiger partial charge on any atom is 0.259 e. The third-order valence-corrected chi connectivity index (χ3v) is 4.19. The van der Waals surface area contributed by atoms with Crippen LogP contribution in [0.1, 0.15) is 23.0 Å². The van der Waals surface area contributed by atoms with Crippen molar-refractivity contribution < 1.29 is 18.7 Å². The number of halogens is 1. The van der Waals surface area contributed by atoms with E-state index in [1.807, 2.05) is 6.92 Å². The predicted molar refractivity (Wildman–Crippen MR) is 105 cm³/mol. The Morgan fingerprint density at radius 1 is 1.11 bits per heavy atom. The molecule has 0 aliphatic carbocycles. The molecule has 0 atom stereocenters. The van der Waals surface area contributed by atoms with Gasteiger partial charge in [-0.3, -0.25) is 4.79 Å². The highest BCUT2D eigenvalue weighted by molar-refractivity contribution is 6.05. The number of carbonyl (C=O) groups is 1. The van der Waals surface area contributed by atoms with Crippen molar-refractivity contribution in [3.63, 3.8) is 0 Å². The summed E-state index contributed by atoms with van der Waals surface area (Å²) in [6.45, 7) is 2.92. The molecule has 0 spiro atoms. The average molecular weight is 383 g/mol. The minimum absolute atomic E-state index is 0.252. The van der Waals surface area contributed by atoms with Crippen molar-refractivity contribution in [2.45, 2.75) is 13.3 Å². The number of amides is 1. The van der Waals surface area contributed by atoms with Crippen LogP contribution in [-0.4, -0.2) is 36.0 Å². The zero-order valence-electron chi connectivity index (χ0n) is 15.8. The number of anilines is 1. The third kappa shape index (κ3) is 4.55. The Hall–Kier alpha value is -3.19. The number of ether oxygens (including phenoxy) is 2. The lowest BCUT2D eigenvalue weighted by Gasteiger charge is -2.10. The van der Waals surface area contributed by atoms with Gasteiger partial charge in [-0.25, -0.2) is 9.07 Å². The zero-order chi connectivity index (χ0) is 19.9. The second kappa shape index (κ2) is 9.14. The first-order valence-corrected chi connectivity index (χ1v) is 8.98. The van der Waals surface area contributed by atoms with Crippen molar-refractivity contribution in [1.82, 2.24) is 9.78 Å². The molecule has 0 saturated carbocycles. The Morgan fingerprint density at radius 2 is 1.82 bits per heavy atom. The zero-order valence-corrected chi connectivity index (χ0v) is 15.8. The lowest BCUT2D eigenvalue weighted by Crippen LogP contribution is -2.14. The molecule has 2 aromatic carbocycles. The maximum atomic E-state index is 13.2. The van der Waals surface area contributed by atoms with E-state index >= 15 is 0 Å². The number of hydrogen-bond acceptors (Lipinski definition) is 4. The molecule has 0 bridgehead atoms. The molecule has 1 heterocycles. The van der Waals surface area contributed by atoms with Crippen LogP contribution in [0.15, 0.2) is 54.7 Å². The summed E-state index contributed by atoms with van der Waals surface area (Å²) in [7, 11) is 1.62. The van der Waals surface area contributed by atoms with E-state index in [1.54, 1.807) is 48.2 Å². The van der Waals surface area contributed by atoms with Gasteiger partial charge in [0.05, 0.1) is 29.7 Å². The summed E-state index contributed by atoms with van der Waals surface area (Å²) >= 11 is 0. The molecule has 1 amide bonds. The van der Waals surface area contributed by atoms with Crippen molar-refractivity contribution in [2.24, 2.45) is 0 Å². The fraction of sp³-hybridized carbons (Fsp3) is 0.238. The van der Waals surface area contributed by atoms with Crippen LogP contribution in [0.25, 0.3) is 5.69 Å². The van der Waals surface area contributed by atoms with Crippen LogP contribution in [0, 0.1) is 5.82 Å². The molecule has 146 valence electrons. The SMILES string of the molecule is CCc1c(C(=O)Nc2ccc(OCCOC)cc2)cnn1-c1ccc(F)cc1. The Balaban J connectivity index is 1.73. The number of hydrogen-bond donors (Lipinski definition) is 1. The van der Waals surface area contributed by atoms with E-state index in [0.717, 1.165) is 5.69 Å². The molecule has 6 nitrogen and oxygen atoms in total. The highest BCUT2D eigenvalue weighted by atomic mass is 19.1. The van der Waals surface area contributed by atoms with E-state index in [9.17, 15) is 9.18 Å². The first kappa shape index (κ1) is 19.6. The molecule has 0 fully saturated rings. The number of nitrogens with zero attached hydrogens (tertiary/aromatic N) is 2. The summed E-state index contributed by atoms with van der Waals surface area (Å²) in [5.74, 6) is 0.133. The van der Waals surface area contributed by atoms with Gasteiger partial charge in [-0.2, -0.15) is 5.10 Å². The van der Waals surface area contributed by atoms with Gasteiger partial charge in [0.15, 0.2) is 0 Å². The number of rotatable bonds is 8. The minimum atomic E-state index is -0.318. The Bertz CT molecular complexity index is 921. The van der Waals surface area contributed by atoms with Crippen LogP contribution >= 0.6 is 0 Å². The van der Waals surface area contributed by atoms with E-state index in [2.05, 4.69) is 10.4 Å². The van der Waals surface area contributed by atoms with Crippen LogP contribution < -0.4 is 10.1 Å². The Kier molecular flexibility index (Phi) is 6.39. The van der Waals surface area contributed by atoms with Crippen LogP contribution in [-0.2, 0) is 11.2 Å². The van der Waals surface area contributed by atoms with Crippen molar-refractivity contribution in [1.29, 1.82) is 0 Å². The molecule has 0 saturated heterocycles. The largest absolute Gasteiger partial charge is 0.491 e.